The summed E-state index contributed by atoms with van der Waals surface area (Å²) in [6.07, 6.45) is 2.65. The Labute approximate surface area is 143 Å². The third-order valence-electron chi connectivity index (χ3n) is 3.77. The number of hydrogen-bond acceptors (Lipinski definition) is 5. The summed E-state index contributed by atoms with van der Waals surface area (Å²) in [4.78, 5) is 34.4. The summed E-state index contributed by atoms with van der Waals surface area (Å²) in [5, 5.41) is 2.61. The third-order valence-corrected chi connectivity index (χ3v) is 5.65. The number of thiophene rings is 1. The minimum Gasteiger partial charge on any atom is -0.337 e. The molecule has 0 spiro atoms. The number of fused-ring (bicyclic) bond motifs is 1. The molecule has 0 aliphatic carbocycles. The molecule has 5 nitrogen and oxygen atoms in total. The van der Waals surface area contributed by atoms with E-state index in [9.17, 15) is 9.59 Å². The third kappa shape index (κ3) is 4.03. The number of aromatic amines is 1. The normalized spacial score (nSPS) is 13.9. The predicted molar refractivity (Wildman–Crippen MR) is 93.0 cm³/mol. The number of aromatic nitrogens is 2. The number of H-pyrrole nitrogens is 1. The summed E-state index contributed by atoms with van der Waals surface area (Å²) in [5.74, 6) is 0.397. The van der Waals surface area contributed by atoms with Crippen molar-refractivity contribution < 1.29 is 4.79 Å². The van der Waals surface area contributed by atoms with Crippen LogP contribution in [0.3, 0.4) is 0 Å². The molecule has 0 bridgehead atoms. The van der Waals surface area contributed by atoms with Crippen molar-refractivity contribution in [1.82, 2.24) is 14.9 Å². The first kappa shape index (κ1) is 16.3. The quantitative estimate of drug-likeness (QED) is 0.665. The van der Waals surface area contributed by atoms with Gasteiger partial charge in [0.1, 0.15) is 0 Å². The molecule has 1 aliphatic heterocycles. The number of nitrogens with one attached hydrogen (secondary N) is 1. The highest BCUT2D eigenvalue weighted by atomic mass is 32.2. The van der Waals surface area contributed by atoms with Gasteiger partial charge in [0, 0.05) is 29.7 Å². The van der Waals surface area contributed by atoms with Gasteiger partial charge in [-0.1, -0.05) is 25.1 Å². The molecule has 3 heterocycles. The lowest BCUT2D eigenvalue weighted by molar-refractivity contribution is -0.129. The zero-order chi connectivity index (χ0) is 16.2. The number of amides is 1. The van der Waals surface area contributed by atoms with E-state index in [-0.39, 0.29) is 11.5 Å². The van der Waals surface area contributed by atoms with Crippen LogP contribution in [0.4, 0.5) is 0 Å². The Morgan fingerprint density at radius 1 is 1.52 bits per heavy atom. The van der Waals surface area contributed by atoms with Gasteiger partial charge in [0.25, 0.3) is 5.56 Å². The minimum atomic E-state index is -0.153. The Bertz CT molecular complexity index is 754. The van der Waals surface area contributed by atoms with Crippen LogP contribution in [0.25, 0.3) is 0 Å². The average molecular weight is 349 g/mol. The molecule has 3 rings (SSSR count). The van der Waals surface area contributed by atoms with E-state index in [1.807, 2.05) is 11.8 Å². The van der Waals surface area contributed by atoms with Crippen LogP contribution in [0.5, 0.6) is 0 Å². The Kier molecular flexibility index (Phi) is 5.17. The second-order valence-corrected chi connectivity index (χ2v) is 7.48. The molecular weight excluding hydrogens is 330 g/mol. The van der Waals surface area contributed by atoms with Crippen molar-refractivity contribution in [3.8, 4) is 0 Å². The summed E-state index contributed by atoms with van der Waals surface area (Å²) in [6.45, 7) is 3.51. The number of aryl methyl sites for hydroxylation is 1. The van der Waals surface area contributed by atoms with Crippen molar-refractivity contribution in [3.05, 3.63) is 44.0 Å². The van der Waals surface area contributed by atoms with Crippen LogP contribution in [-0.4, -0.2) is 33.1 Å². The molecule has 1 aliphatic rings. The van der Waals surface area contributed by atoms with Crippen LogP contribution in [0.2, 0.25) is 0 Å². The van der Waals surface area contributed by atoms with E-state index in [4.69, 9.17) is 0 Å². The van der Waals surface area contributed by atoms with E-state index < -0.39 is 0 Å². The first-order chi connectivity index (χ1) is 11.2. The molecule has 0 saturated carbocycles. The minimum absolute atomic E-state index is 0.0930. The topological polar surface area (TPSA) is 66.1 Å². The van der Waals surface area contributed by atoms with E-state index in [0.29, 0.717) is 17.5 Å². The largest absolute Gasteiger partial charge is 0.337 e. The maximum Gasteiger partial charge on any atom is 0.251 e. The Morgan fingerprint density at radius 2 is 2.39 bits per heavy atom. The maximum absolute atomic E-state index is 12.4. The van der Waals surface area contributed by atoms with Gasteiger partial charge in [-0.15, -0.1) is 11.3 Å². The van der Waals surface area contributed by atoms with Gasteiger partial charge in [0.15, 0.2) is 5.16 Å². The van der Waals surface area contributed by atoms with Gasteiger partial charge < -0.3 is 9.88 Å². The fraction of sp³-hybridized carbons (Fsp3) is 0.438. The van der Waals surface area contributed by atoms with Gasteiger partial charge in [0.05, 0.1) is 5.75 Å². The molecule has 1 amide bonds. The number of nitrogens with zero attached hydrogens (tertiary/aromatic N) is 2. The Hall–Kier alpha value is -1.60. The molecule has 23 heavy (non-hydrogen) atoms. The van der Waals surface area contributed by atoms with Crippen molar-refractivity contribution in [1.29, 1.82) is 0 Å². The van der Waals surface area contributed by atoms with Crippen molar-refractivity contribution in [3.63, 3.8) is 0 Å². The lowest BCUT2D eigenvalue weighted by Gasteiger charge is -2.26. The fourth-order valence-corrected chi connectivity index (χ4v) is 4.31. The number of carbonyl (C=O) groups is 1. The summed E-state index contributed by atoms with van der Waals surface area (Å²) < 4.78 is 0. The molecule has 0 radical (unpaired) electrons. The molecule has 122 valence electrons. The van der Waals surface area contributed by atoms with Gasteiger partial charge in [0.2, 0.25) is 5.91 Å². The molecule has 2 aromatic rings. The summed E-state index contributed by atoms with van der Waals surface area (Å²) in [6, 6.07) is 3.62. The zero-order valence-corrected chi connectivity index (χ0v) is 14.6. The number of rotatable bonds is 5. The monoisotopic (exact) mass is 349 g/mol. The van der Waals surface area contributed by atoms with Gasteiger partial charge >= 0.3 is 0 Å². The van der Waals surface area contributed by atoms with Gasteiger partial charge in [-0.05, 0) is 29.9 Å². The van der Waals surface area contributed by atoms with Gasteiger partial charge in [-0.3, -0.25) is 9.59 Å². The van der Waals surface area contributed by atoms with Crippen LogP contribution in [0.15, 0.2) is 27.5 Å². The number of carbonyl (C=O) groups excluding carboxylic acids is 1. The summed E-state index contributed by atoms with van der Waals surface area (Å²) >= 11 is 3.07. The first-order valence-electron chi connectivity index (χ1n) is 7.71. The summed E-state index contributed by atoms with van der Waals surface area (Å²) in [7, 11) is 0. The molecule has 0 aromatic carbocycles. The zero-order valence-electron chi connectivity index (χ0n) is 13.0. The van der Waals surface area contributed by atoms with Crippen molar-refractivity contribution in [2.75, 3.05) is 12.3 Å². The smallest absolute Gasteiger partial charge is 0.251 e. The average Bonchev–Trinajstić information content (AvgIpc) is 3.00. The highest BCUT2D eigenvalue weighted by Crippen LogP contribution is 2.24. The van der Waals surface area contributed by atoms with Crippen molar-refractivity contribution >= 4 is 29.0 Å². The highest BCUT2D eigenvalue weighted by molar-refractivity contribution is 7.99. The molecule has 7 heteroatoms. The van der Waals surface area contributed by atoms with E-state index in [2.05, 4.69) is 21.4 Å². The van der Waals surface area contributed by atoms with Crippen LogP contribution >= 0.6 is 23.1 Å². The Balaban J connectivity index is 1.60. The van der Waals surface area contributed by atoms with Gasteiger partial charge in [-0.25, -0.2) is 4.98 Å². The van der Waals surface area contributed by atoms with Crippen LogP contribution in [-0.2, 0) is 24.2 Å². The second kappa shape index (κ2) is 7.31. The maximum atomic E-state index is 12.4. The standard InChI is InChI=1S/C16H19N3O2S2/c1-2-3-12-8-14(20)18-16(17-12)23-10-15(21)19-6-4-13-11(9-19)5-7-22-13/h5,7-8H,2-4,6,9-10H2,1H3,(H,17,18,20). The van der Waals surface area contributed by atoms with E-state index in [1.54, 1.807) is 11.3 Å². The van der Waals surface area contributed by atoms with Crippen molar-refractivity contribution in [2.24, 2.45) is 0 Å². The number of hydrogen-bond donors (Lipinski definition) is 1. The summed E-state index contributed by atoms with van der Waals surface area (Å²) in [5.41, 5.74) is 1.89. The van der Waals surface area contributed by atoms with Crippen LogP contribution < -0.4 is 5.56 Å². The molecule has 2 aromatic heterocycles. The number of thioether (sulfide) groups is 1. The molecule has 0 unspecified atom stereocenters. The predicted octanol–water partition coefficient (Wildman–Crippen LogP) is 2.46. The highest BCUT2D eigenvalue weighted by Gasteiger charge is 2.21. The van der Waals surface area contributed by atoms with E-state index >= 15 is 0 Å². The molecular formula is C16H19N3O2S2. The molecule has 0 fully saturated rings. The van der Waals surface area contributed by atoms with Crippen LogP contribution in [0.1, 0.15) is 29.5 Å². The lowest BCUT2D eigenvalue weighted by Crippen LogP contribution is -2.36. The first-order valence-corrected chi connectivity index (χ1v) is 9.58. The SMILES string of the molecule is CCCc1cc(=O)[nH]c(SCC(=O)N2CCc3sccc3C2)n1. The van der Waals surface area contributed by atoms with E-state index in [0.717, 1.165) is 31.5 Å². The second-order valence-electron chi connectivity index (χ2n) is 5.51. The van der Waals surface area contributed by atoms with Crippen LogP contribution in [0, 0.1) is 0 Å². The van der Waals surface area contributed by atoms with Gasteiger partial charge in [-0.2, -0.15) is 0 Å². The Morgan fingerprint density at radius 3 is 3.22 bits per heavy atom. The lowest BCUT2D eigenvalue weighted by atomic mass is 10.1. The van der Waals surface area contributed by atoms with E-state index in [1.165, 1.54) is 28.3 Å². The molecule has 0 saturated heterocycles. The molecule has 0 atom stereocenters. The van der Waals surface area contributed by atoms with Crippen molar-refractivity contribution in [2.45, 2.75) is 37.9 Å². The fourth-order valence-electron chi connectivity index (χ4n) is 2.62. The molecule has 1 N–H and O–H groups in total.